The highest BCUT2D eigenvalue weighted by Crippen LogP contribution is 2.36. The van der Waals surface area contributed by atoms with Crippen LogP contribution in [0.1, 0.15) is 5.69 Å². The highest BCUT2D eigenvalue weighted by Gasteiger charge is 2.58. The third kappa shape index (κ3) is 4.04. The summed E-state index contributed by atoms with van der Waals surface area (Å²) in [6.07, 6.45) is -14.8. The zero-order valence-electron chi connectivity index (χ0n) is 7.97. The predicted molar refractivity (Wildman–Crippen MR) is 47.2 cm³/mol. The second-order valence-corrected chi connectivity index (χ2v) is 3.84. The number of thiazole rings is 1. The molecule has 10 heteroatoms. The summed E-state index contributed by atoms with van der Waals surface area (Å²) in [5, 5.41) is 1.26. The SMILES string of the molecule is Nc1nc(COC(C(F)(F)F)C(F)(F)F)cs1. The lowest BCUT2D eigenvalue weighted by Gasteiger charge is -2.22. The second kappa shape index (κ2) is 4.69. The predicted octanol–water partition coefficient (Wildman–Crippen LogP) is 2.74. The van der Waals surface area contributed by atoms with E-state index in [1.54, 1.807) is 0 Å². The fourth-order valence-corrected chi connectivity index (χ4v) is 1.48. The minimum Gasteiger partial charge on any atom is -0.375 e. The number of halogens is 6. The van der Waals surface area contributed by atoms with Crippen molar-refractivity contribution in [2.45, 2.75) is 25.1 Å². The fourth-order valence-electron chi connectivity index (χ4n) is 0.932. The molecule has 1 heterocycles. The summed E-state index contributed by atoms with van der Waals surface area (Å²) >= 11 is 0.895. The van der Waals surface area contributed by atoms with Crippen LogP contribution in [0.25, 0.3) is 0 Å². The van der Waals surface area contributed by atoms with Gasteiger partial charge in [-0.1, -0.05) is 0 Å². The summed E-state index contributed by atoms with van der Waals surface area (Å²) in [6.45, 7) is -0.905. The molecule has 1 aromatic heterocycles. The summed E-state index contributed by atoms with van der Waals surface area (Å²) in [5.74, 6) is 0. The van der Waals surface area contributed by atoms with Gasteiger partial charge in [-0.15, -0.1) is 11.3 Å². The Hall–Kier alpha value is -1.03. The Balaban J connectivity index is 2.69. The van der Waals surface area contributed by atoms with Crippen molar-refractivity contribution >= 4 is 16.5 Å². The van der Waals surface area contributed by atoms with Crippen molar-refractivity contribution in [3.05, 3.63) is 11.1 Å². The van der Waals surface area contributed by atoms with Crippen molar-refractivity contribution in [2.75, 3.05) is 5.73 Å². The number of rotatable bonds is 3. The van der Waals surface area contributed by atoms with Crippen LogP contribution in [-0.4, -0.2) is 23.4 Å². The zero-order chi connectivity index (χ0) is 13.3. The first kappa shape index (κ1) is 14.0. The number of ether oxygens (including phenoxy) is 1. The number of alkyl halides is 6. The molecule has 0 unspecified atom stereocenters. The quantitative estimate of drug-likeness (QED) is 0.866. The molecule has 0 aliphatic carbocycles. The fraction of sp³-hybridized carbons (Fsp3) is 0.571. The van der Waals surface area contributed by atoms with Crippen LogP contribution in [-0.2, 0) is 11.3 Å². The lowest BCUT2D eigenvalue weighted by atomic mass is 10.3. The van der Waals surface area contributed by atoms with Gasteiger partial charge in [-0.3, -0.25) is 0 Å². The monoisotopic (exact) mass is 280 g/mol. The molecule has 17 heavy (non-hydrogen) atoms. The molecule has 0 spiro atoms. The average molecular weight is 280 g/mol. The normalized spacial score (nSPS) is 13.4. The van der Waals surface area contributed by atoms with Crippen molar-refractivity contribution in [3.8, 4) is 0 Å². The molecule has 3 nitrogen and oxygen atoms in total. The summed E-state index contributed by atoms with van der Waals surface area (Å²) in [4.78, 5) is 3.48. The number of nitrogens with zero attached hydrogens (tertiary/aromatic N) is 1. The summed E-state index contributed by atoms with van der Waals surface area (Å²) in [5.41, 5.74) is 5.09. The number of aromatic nitrogens is 1. The Morgan fingerprint density at radius 3 is 2.12 bits per heavy atom. The van der Waals surface area contributed by atoms with E-state index in [4.69, 9.17) is 5.73 Å². The number of nitrogens with two attached hydrogens (primary N) is 1. The number of nitrogen functional groups attached to an aromatic ring is 1. The van der Waals surface area contributed by atoms with Crippen molar-refractivity contribution in [3.63, 3.8) is 0 Å². The maximum Gasteiger partial charge on any atom is 0.423 e. The molecule has 0 aliphatic rings. The van der Waals surface area contributed by atoms with Crippen LogP contribution in [0.3, 0.4) is 0 Å². The van der Waals surface area contributed by atoms with E-state index in [2.05, 4.69) is 9.72 Å². The molecule has 0 saturated heterocycles. The topological polar surface area (TPSA) is 48.1 Å². The molecule has 2 N–H and O–H groups in total. The van der Waals surface area contributed by atoms with Gasteiger partial charge < -0.3 is 10.5 Å². The average Bonchev–Trinajstić information content (AvgIpc) is 2.46. The second-order valence-electron chi connectivity index (χ2n) is 2.95. The van der Waals surface area contributed by atoms with Gasteiger partial charge in [0.1, 0.15) is 0 Å². The zero-order valence-corrected chi connectivity index (χ0v) is 8.79. The highest BCUT2D eigenvalue weighted by molar-refractivity contribution is 7.13. The van der Waals surface area contributed by atoms with Gasteiger partial charge in [0.2, 0.25) is 6.10 Å². The van der Waals surface area contributed by atoms with Crippen LogP contribution in [0.4, 0.5) is 31.5 Å². The van der Waals surface area contributed by atoms with Crippen LogP contribution in [0.2, 0.25) is 0 Å². The van der Waals surface area contributed by atoms with Crippen LogP contribution >= 0.6 is 11.3 Å². The number of anilines is 1. The van der Waals surface area contributed by atoms with Crippen LogP contribution < -0.4 is 5.73 Å². The number of hydrogen-bond acceptors (Lipinski definition) is 4. The molecule has 1 rings (SSSR count). The molecule has 0 amide bonds. The van der Waals surface area contributed by atoms with Crippen molar-refractivity contribution in [1.29, 1.82) is 0 Å². The molecule has 0 bridgehead atoms. The lowest BCUT2D eigenvalue weighted by molar-refractivity contribution is -0.324. The Labute approximate surface area is 95.2 Å². The van der Waals surface area contributed by atoms with E-state index in [-0.39, 0.29) is 10.8 Å². The molecule has 0 atom stereocenters. The van der Waals surface area contributed by atoms with E-state index in [1.807, 2.05) is 0 Å². The standard InChI is InChI=1S/C7H6F6N2OS/c8-6(9,10)4(7(11,12)13)16-1-3-2-17-5(14)15-3/h2,4H,1H2,(H2,14,15). The molecule has 0 fully saturated rings. The third-order valence-electron chi connectivity index (χ3n) is 1.56. The first-order valence-electron chi connectivity index (χ1n) is 4.05. The van der Waals surface area contributed by atoms with Crippen LogP contribution in [0.15, 0.2) is 5.38 Å². The van der Waals surface area contributed by atoms with Crippen molar-refractivity contribution < 1.29 is 31.1 Å². The van der Waals surface area contributed by atoms with Gasteiger partial charge >= 0.3 is 12.4 Å². The minimum atomic E-state index is -5.51. The molecule has 98 valence electrons. The summed E-state index contributed by atoms with van der Waals surface area (Å²) in [7, 11) is 0. The van der Waals surface area contributed by atoms with Gasteiger partial charge in [-0.25, -0.2) is 4.98 Å². The van der Waals surface area contributed by atoms with Crippen molar-refractivity contribution in [2.24, 2.45) is 0 Å². The number of hydrogen-bond donors (Lipinski definition) is 1. The molecule has 0 aromatic carbocycles. The Morgan fingerprint density at radius 2 is 1.76 bits per heavy atom. The first-order valence-corrected chi connectivity index (χ1v) is 4.93. The van der Waals surface area contributed by atoms with Gasteiger partial charge in [0, 0.05) is 5.38 Å². The van der Waals surface area contributed by atoms with E-state index in [0.29, 0.717) is 0 Å². The summed E-state index contributed by atoms with van der Waals surface area (Å²) in [6, 6.07) is 0. The van der Waals surface area contributed by atoms with Gasteiger partial charge in [0.25, 0.3) is 0 Å². The molecule has 1 aromatic rings. The molecular formula is C7H6F6N2OS. The van der Waals surface area contributed by atoms with Gasteiger partial charge in [-0.2, -0.15) is 26.3 Å². The van der Waals surface area contributed by atoms with Crippen LogP contribution in [0.5, 0.6) is 0 Å². The smallest absolute Gasteiger partial charge is 0.375 e. The molecule has 0 radical (unpaired) electrons. The van der Waals surface area contributed by atoms with E-state index in [9.17, 15) is 26.3 Å². The Kier molecular flexibility index (Phi) is 3.87. The maximum absolute atomic E-state index is 12.0. The van der Waals surface area contributed by atoms with E-state index >= 15 is 0 Å². The third-order valence-corrected chi connectivity index (χ3v) is 2.28. The molecule has 0 aliphatic heterocycles. The summed E-state index contributed by atoms with van der Waals surface area (Å²) < 4.78 is 76.0. The van der Waals surface area contributed by atoms with Gasteiger partial charge in [-0.05, 0) is 0 Å². The Morgan fingerprint density at radius 1 is 1.24 bits per heavy atom. The minimum absolute atomic E-state index is 0.0409. The molecule has 0 saturated carbocycles. The van der Waals surface area contributed by atoms with E-state index in [1.165, 1.54) is 5.38 Å². The van der Waals surface area contributed by atoms with E-state index < -0.39 is 25.1 Å². The lowest BCUT2D eigenvalue weighted by Crippen LogP contribution is -2.44. The largest absolute Gasteiger partial charge is 0.423 e. The van der Waals surface area contributed by atoms with Gasteiger partial charge in [0.05, 0.1) is 12.3 Å². The Bertz CT molecular complexity index is 359. The maximum atomic E-state index is 12.0. The highest BCUT2D eigenvalue weighted by atomic mass is 32.1. The molecular weight excluding hydrogens is 274 g/mol. The van der Waals surface area contributed by atoms with Gasteiger partial charge in [0.15, 0.2) is 5.13 Å². The van der Waals surface area contributed by atoms with Crippen molar-refractivity contribution in [1.82, 2.24) is 4.98 Å². The van der Waals surface area contributed by atoms with E-state index in [0.717, 1.165) is 11.3 Å². The van der Waals surface area contributed by atoms with Crippen LogP contribution in [0, 0.1) is 0 Å². The first-order chi connectivity index (χ1) is 7.60.